The first-order chi connectivity index (χ1) is 7.20. The predicted octanol–water partition coefficient (Wildman–Crippen LogP) is 1.17. The molecule has 4 nitrogen and oxygen atoms in total. The third-order valence-electron chi connectivity index (χ3n) is 2.42. The van der Waals surface area contributed by atoms with Crippen molar-refractivity contribution in [3.63, 3.8) is 0 Å². The lowest BCUT2D eigenvalue weighted by Crippen LogP contribution is -2.26. The van der Waals surface area contributed by atoms with Gasteiger partial charge >= 0.3 is 0 Å². The summed E-state index contributed by atoms with van der Waals surface area (Å²) in [6, 6.07) is 5.42. The number of nitrogens with two attached hydrogens (primary N) is 1. The molecule has 0 spiro atoms. The summed E-state index contributed by atoms with van der Waals surface area (Å²) in [6.45, 7) is 0. The lowest BCUT2D eigenvalue weighted by atomic mass is 10.1. The molecule has 0 unspecified atom stereocenters. The van der Waals surface area contributed by atoms with Crippen LogP contribution in [0.4, 0.5) is 5.69 Å². The number of rotatable bonds is 3. The molecule has 2 rings (SSSR count). The van der Waals surface area contributed by atoms with Gasteiger partial charge in [-0.15, -0.1) is 0 Å². The molecule has 0 bridgehead atoms. The second-order valence-corrected chi connectivity index (χ2v) is 3.70. The zero-order valence-corrected chi connectivity index (χ0v) is 8.62. The highest BCUT2D eigenvalue weighted by molar-refractivity contribution is 5.99. The van der Waals surface area contributed by atoms with Crippen LogP contribution in [-0.2, 0) is 0 Å². The first-order valence-corrected chi connectivity index (χ1v) is 4.95. The topological polar surface area (TPSA) is 64.3 Å². The highest BCUT2D eigenvalue weighted by Crippen LogP contribution is 2.23. The normalized spacial score (nSPS) is 14.7. The molecule has 1 saturated carbocycles. The van der Waals surface area contributed by atoms with Crippen LogP contribution < -0.4 is 15.8 Å². The minimum Gasteiger partial charge on any atom is -0.497 e. The molecule has 1 aromatic rings. The van der Waals surface area contributed by atoms with E-state index in [-0.39, 0.29) is 5.91 Å². The molecule has 1 amide bonds. The highest BCUT2D eigenvalue weighted by atomic mass is 16.5. The lowest BCUT2D eigenvalue weighted by Gasteiger charge is -2.08. The van der Waals surface area contributed by atoms with E-state index in [4.69, 9.17) is 10.5 Å². The fourth-order valence-electron chi connectivity index (χ4n) is 1.35. The Balaban J connectivity index is 2.20. The van der Waals surface area contributed by atoms with Crippen LogP contribution in [-0.4, -0.2) is 19.1 Å². The van der Waals surface area contributed by atoms with Crippen LogP contribution in [0.3, 0.4) is 0 Å². The average Bonchev–Trinajstić information content (AvgIpc) is 3.02. The van der Waals surface area contributed by atoms with E-state index in [1.165, 1.54) is 0 Å². The van der Waals surface area contributed by atoms with Gasteiger partial charge in [-0.3, -0.25) is 4.79 Å². The molecule has 15 heavy (non-hydrogen) atoms. The van der Waals surface area contributed by atoms with Crippen molar-refractivity contribution in [2.24, 2.45) is 0 Å². The van der Waals surface area contributed by atoms with Crippen molar-refractivity contribution in [3.8, 4) is 5.75 Å². The van der Waals surface area contributed by atoms with E-state index in [0.717, 1.165) is 12.8 Å². The molecule has 80 valence electrons. The van der Waals surface area contributed by atoms with Crippen LogP contribution in [0.2, 0.25) is 0 Å². The van der Waals surface area contributed by atoms with Crippen molar-refractivity contribution in [1.82, 2.24) is 5.32 Å². The monoisotopic (exact) mass is 206 g/mol. The molecule has 1 aromatic carbocycles. The molecule has 0 radical (unpaired) electrons. The van der Waals surface area contributed by atoms with Gasteiger partial charge in [-0.25, -0.2) is 0 Å². The van der Waals surface area contributed by atoms with Gasteiger partial charge in [0.1, 0.15) is 5.75 Å². The fourth-order valence-corrected chi connectivity index (χ4v) is 1.35. The molecule has 0 aliphatic heterocycles. The first kappa shape index (κ1) is 9.83. The van der Waals surface area contributed by atoms with Crippen molar-refractivity contribution >= 4 is 11.6 Å². The quantitative estimate of drug-likeness (QED) is 0.730. The van der Waals surface area contributed by atoms with Gasteiger partial charge in [-0.05, 0) is 31.0 Å². The van der Waals surface area contributed by atoms with Crippen molar-refractivity contribution in [3.05, 3.63) is 23.8 Å². The molecule has 1 fully saturated rings. The molecule has 0 atom stereocenters. The summed E-state index contributed by atoms with van der Waals surface area (Å²) >= 11 is 0. The summed E-state index contributed by atoms with van der Waals surface area (Å²) < 4.78 is 5.05. The van der Waals surface area contributed by atoms with Gasteiger partial charge in [-0.1, -0.05) is 0 Å². The maximum atomic E-state index is 11.7. The number of anilines is 1. The summed E-state index contributed by atoms with van der Waals surface area (Å²) in [6.07, 6.45) is 2.13. The van der Waals surface area contributed by atoms with Gasteiger partial charge < -0.3 is 15.8 Å². The molecular formula is C11H14N2O2. The van der Waals surface area contributed by atoms with E-state index in [0.29, 0.717) is 23.0 Å². The van der Waals surface area contributed by atoms with Crippen molar-refractivity contribution in [1.29, 1.82) is 0 Å². The summed E-state index contributed by atoms with van der Waals surface area (Å²) in [7, 11) is 1.56. The Bertz CT molecular complexity index is 386. The van der Waals surface area contributed by atoms with Gasteiger partial charge in [0.15, 0.2) is 0 Å². The standard InChI is InChI=1S/C11H14N2O2/c1-15-8-4-5-10(12)9(6-8)11(14)13-7-2-3-7/h4-7H,2-3,12H2,1H3,(H,13,14). The number of nitrogen functional groups attached to an aromatic ring is 1. The Labute approximate surface area is 88.4 Å². The first-order valence-electron chi connectivity index (χ1n) is 4.95. The van der Waals surface area contributed by atoms with Crippen LogP contribution in [0.25, 0.3) is 0 Å². The van der Waals surface area contributed by atoms with Crippen LogP contribution in [0.1, 0.15) is 23.2 Å². The van der Waals surface area contributed by atoms with Crippen molar-refractivity contribution in [2.45, 2.75) is 18.9 Å². The molecule has 0 saturated heterocycles. The van der Waals surface area contributed by atoms with Crippen LogP contribution in [0.5, 0.6) is 5.75 Å². The smallest absolute Gasteiger partial charge is 0.253 e. The minimum absolute atomic E-state index is 0.117. The molecule has 0 aromatic heterocycles. The minimum atomic E-state index is -0.117. The SMILES string of the molecule is COc1ccc(N)c(C(=O)NC2CC2)c1. The third-order valence-corrected chi connectivity index (χ3v) is 2.42. The van der Waals surface area contributed by atoms with Crippen molar-refractivity contribution < 1.29 is 9.53 Å². The van der Waals surface area contributed by atoms with E-state index < -0.39 is 0 Å². The molecule has 4 heteroatoms. The summed E-state index contributed by atoms with van der Waals surface area (Å²) in [5, 5.41) is 2.89. The summed E-state index contributed by atoms with van der Waals surface area (Å²) in [5.41, 5.74) is 6.69. The number of nitrogens with one attached hydrogen (secondary N) is 1. The number of carbonyl (C=O) groups excluding carboxylic acids is 1. The Kier molecular flexibility index (Phi) is 2.49. The van der Waals surface area contributed by atoms with E-state index in [2.05, 4.69) is 5.32 Å². The number of amides is 1. The van der Waals surface area contributed by atoms with Gasteiger partial charge in [0.2, 0.25) is 0 Å². The second kappa shape index (κ2) is 3.81. The summed E-state index contributed by atoms with van der Waals surface area (Å²) in [5.74, 6) is 0.527. The van der Waals surface area contributed by atoms with Gasteiger partial charge in [0.05, 0.1) is 12.7 Å². The van der Waals surface area contributed by atoms with E-state index in [9.17, 15) is 4.79 Å². The Morgan fingerprint density at radius 2 is 2.27 bits per heavy atom. The lowest BCUT2D eigenvalue weighted by molar-refractivity contribution is 0.0951. The van der Waals surface area contributed by atoms with Crippen LogP contribution in [0.15, 0.2) is 18.2 Å². The highest BCUT2D eigenvalue weighted by Gasteiger charge is 2.24. The number of hydrogen-bond acceptors (Lipinski definition) is 3. The number of methoxy groups -OCH3 is 1. The van der Waals surface area contributed by atoms with Crippen LogP contribution in [0, 0.1) is 0 Å². The Morgan fingerprint density at radius 1 is 1.53 bits per heavy atom. The maximum absolute atomic E-state index is 11.7. The summed E-state index contributed by atoms with van der Waals surface area (Å²) in [4.78, 5) is 11.7. The zero-order chi connectivity index (χ0) is 10.8. The van der Waals surface area contributed by atoms with Crippen molar-refractivity contribution in [2.75, 3.05) is 12.8 Å². The predicted molar refractivity (Wildman–Crippen MR) is 57.9 cm³/mol. The van der Waals surface area contributed by atoms with Gasteiger partial charge in [0.25, 0.3) is 5.91 Å². The number of benzene rings is 1. The fraction of sp³-hybridized carbons (Fsp3) is 0.364. The van der Waals surface area contributed by atoms with E-state index in [1.54, 1.807) is 25.3 Å². The van der Waals surface area contributed by atoms with Crippen LogP contribution >= 0.6 is 0 Å². The average molecular weight is 206 g/mol. The number of carbonyl (C=O) groups is 1. The molecule has 3 N–H and O–H groups in total. The molecule has 1 aliphatic rings. The maximum Gasteiger partial charge on any atom is 0.253 e. The van der Waals surface area contributed by atoms with Gasteiger partial charge in [0, 0.05) is 11.7 Å². The number of ether oxygens (including phenoxy) is 1. The molecular weight excluding hydrogens is 192 g/mol. The second-order valence-electron chi connectivity index (χ2n) is 3.70. The van der Waals surface area contributed by atoms with Gasteiger partial charge in [-0.2, -0.15) is 0 Å². The largest absolute Gasteiger partial charge is 0.497 e. The third kappa shape index (κ3) is 2.21. The molecule has 0 heterocycles. The Morgan fingerprint density at radius 3 is 2.87 bits per heavy atom. The number of hydrogen-bond donors (Lipinski definition) is 2. The molecule has 1 aliphatic carbocycles. The van der Waals surface area contributed by atoms with E-state index in [1.807, 2.05) is 0 Å². The zero-order valence-electron chi connectivity index (χ0n) is 8.62. The van der Waals surface area contributed by atoms with E-state index >= 15 is 0 Å². The Hall–Kier alpha value is -1.71.